The van der Waals surface area contributed by atoms with Crippen LogP contribution in [0.3, 0.4) is 0 Å². The molecule has 140 valence electrons. The van der Waals surface area contributed by atoms with Crippen LogP contribution in [0.15, 0.2) is 53.9 Å². The number of thiazole rings is 1. The second-order valence-corrected chi connectivity index (χ2v) is 7.03. The molecule has 0 aliphatic heterocycles. The first-order valence-corrected chi connectivity index (χ1v) is 9.21. The Morgan fingerprint density at radius 2 is 1.81 bits per heavy atom. The van der Waals surface area contributed by atoms with E-state index in [2.05, 4.69) is 10.3 Å². The van der Waals surface area contributed by atoms with Crippen LogP contribution < -0.4 is 5.32 Å². The van der Waals surface area contributed by atoms with Crippen LogP contribution in [-0.2, 0) is 23.9 Å². The highest BCUT2D eigenvalue weighted by molar-refractivity contribution is 7.13. The molecule has 8 heteroatoms. The van der Waals surface area contributed by atoms with E-state index in [1.54, 1.807) is 11.4 Å². The number of hydrogen-bond acceptors (Lipinski definition) is 3. The maximum Gasteiger partial charge on any atom is 0.416 e. The molecule has 1 heterocycles. The Kier molecular flexibility index (Phi) is 5.82. The van der Waals surface area contributed by atoms with Gasteiger partial charge in [0.1, 0.15) is 5.01 Å². The lowest BCUT2D eigenvalue weighted by atomic mass is 10.1. The van der Waals surface area contributed by atoms with Gasteiger partial charge in [-0.15, -0.1) is 11.3 Å². The summed E-state index contributed by atoms with van der Waals surface area (Å²) in [6, 6.07) is 12.0. The summed E-state index contributed by atoms with van der Waals surface area (Å²) in [5, 5.41) is 5.65. The van der Waals surface area contributed by atoms with Crippen LogP contribution in [0.4, 0.5) is 13.2 Å². The van der Waals surface area contributed by atoms with E-state index in [4.69, 9.17) is 11.6 Å². The molecule has 1 aromatic heterocycles. The van der Waals surface area contributed by atoms with Crippen LogP contribution >= 0.6 is 22.9 Å². The summed E-state index contributed by atoms with van der Waals surface area (Å²) < 4.78 is 37.9. The number of alkyl halides is 3. The fourth-order valence-corrected chi connectivity index (χ4v) is 3.41. The van der Waals surface area contributed by atoms with Gasteiger partial charge in [-0.25, -0.2) is 4.98 Å². The van der Waals surface area contributed by atoms with Gasteiger partial charge in [0.25, 0.3) is 0 Å². The van der Waals surface area contributed by atoms with Crippen LogP contribution in [0.1, 0.15) is 16.8 Å². The molecule has 0 aliphatic carbocycles. The molecule has 0 saturated carbocycles. The van der Waals surface area contributed by atoms with Gasteiger partial charge in [0.05, 0.1) is 17.7 Å². The average molecular weight is 411 g/mol. The minimum absolute atomic E-state index is 0.0849. The minimum Gasteiger partial charge on any atom is -0.352 e. The zero-order chi connectivity index (χ0) is 19.4. The fraction of sp³-hybridized carbons (Fsp3) is 0.158. The summed E-state index contributed by atoms with van der Waals surface area (Å²) >= 11 is 7.33. The van der Waals surface area contributed by atoms with E-state index in [9.17, 15) is 18.0 Å². The van der Waals surface area contributed by atoms with Gasteiger partial charge in [0, 0.05) is 22.5 Å². The van der Waals surface area contributed by atoms with Crippen molar-refractivity contribution in [3.8, 4) is 10.6 Å². The van der Waals surface area contributed by atoms with Gasteiger partial charge in [-0.05, 0) is 23.8 Å². The van der Waals surface area contributed by atoms with E-state index >= 15 is 0 Å². The lowest BCUT2D eigenvalue weighted by molar-refractivity contribution is -0.137. The Morgan fingerprint density at radius 3 is 2.48 bits per heavy atom. The molecule has 3 rings (SSSR count). The van der Waals surface area contributed by atoms with Crippen LogP contribution in [0.5, 0.6) is 0 Å². The van der Waals surface area contributed by atoms with Crippen molar-refractivity contribution in [3.63, 3.8) is 0 Å². The van der Waals surface area contributed by atoms with Crippen molar-refractivity contribution in [1.29, 1.82) is 0 Å². The largest absolute Gasteiger partial charge is 0.416 e. The SMILES string of the molecule is O=C(Cc1csc(-c2ccc(C(F)(F)F)cc2)n1)NCc1ccccc1Cl. The molecule has 0 saturated heterocycles. The monoisotopic (exact) mass is 410 g/mol. The fourth-order valence-electron chi connectivity index (χ4n) is 2.39. The van der Waals surface area contributed by atoms with E-state index in [1.807, 2.05) is 18.2 Å². The maximum atomic E-state index is 12.6. The van der Waals surface area contributed by atoms with E-state index in [0.29, 0.717) is 27.8 Å². The predicted molar refractivity (Wildman–Crippen MR) is 99.6 cm³/mol. The van der Waals surface area contributed by atoms with Crippen LogP contribution in [0, 0.1) is 0 Å². The molecule has 0 radical (unpaired) electrons. The van der Waals surface area contributed by atoms with Crippen LogP contribution in [-0.4, -0.2) is 10.9 Å². The normalized spacial score (nSPS) is 11.4. The van der Waals surface area contributed by atoms with E-state index in [0.717, 1.165) is 17.7 Å². The Balaban J connectivity index is 1.60. The molecule has 27 heavy (non-hydrogen) atoms. The van der Waals surface area contributed by atoms with Crippen molar-refractivity contribution in [1.82, 2.24) is 10.3 Å². The Morgan fingerprint density at radius 1 is 1.11 bits per heavy atom. The summed E-state index contributed by atoms with van der Waals surface area (Å²) in [6.45, 7) is 0.314. The highest BCUT2D eigenvalue weighted by atomic mass is 35.5. The highest BCUT2D eigenvalue weighted by Crippen LogP contribution is 2.31. The number of rotatable bonds is 5. The lowest BCUT2D eigenvalue weighted by Crippen LogP contribution is -2.24. The number of benzene rings is 2. The molecule has 0 fully saturated rings. The lowest BCUT2D eigenvalue weighted by Gasteiger charge is -2.06. The minimum atomic E-state index is -4.37. The smallest absolute Gasteiger partial charge is 0.352 e. The summed E-state index contributed by atoms with van der Waals surface area (Å²) in [4.78, 5) is 16.4. The van der Waals surface area contributed by atoms with E-state index in [-0.39, 0.29) is 12.3 Å². The number of nitrogens with one attached hydrogen (secondary N) is 1. The van der Waals surface area contributed by atoms with Crippen LogP contribution in [0.25, 0.3) is 10.6 Å². The molecule has 0 atom stereocenters. The second-order valence-electron chi connectivity index (χ2n) is 5.76. The third-order valence-electron chi connectivity index (χ3n) is 3.79. The zero-order valence-electron chi connectivity index (χ0n) is 13.9. The summed E-state index contributed by atoms with van der Waals surface area (Å²) in [5.41, 5.74) is 1.25. The average Bonchev–Trinajstić information content (AvgIpc) is 3.09. The van der Waals surface area contributed by atoms with Gasteiger partial charge in [-0.3, -0.25) is 4.79 Å². The van der Waals surface area contributed by atoms with Gasteiger partial charge in [0.15, 0.2) is 0 Å². The summed E-state index contributed by atoms with van der Waals surface area (Å²) in [5.74, 6) is -0.209. The molecule has 3 aromatic rings. The van der Waals surface area contributed by atoms with Gasteiger partial charge in [-0.2, -0.15) is 13.2 Å². The number of halogens is 4. The number of aromatic nitrogens is 1. The van der Waals surface area contributed by atoms with Crippen LogP contribution in [0.2, 0.25) is 5.02 Å². The van der Waals surface area contributed by atoms with Crippen molar-refractivity contribution in [2.45, 2.75) is 19.1 Å². The Labute approximate surface area is 162 Å². The number of nitrogens with zero attached hydrogens (tertiary/aromatic N) is 1. The quantitative estimate of drug-likeness (QED) is 0.616. The molecule has 0 unspecified atom stereocenters. The number of hydrogen-bond donors (Lipinski definition) is 1. The molecule has 2 aromatic carbocycles. The first kappa shape index (κ1) is 19.4. The van der Waals surface area contributed by atoms with Crippen molar-refractivity contribution < 1.29 is 18.0 Å². The highest BCUT2D eigenvalue weighted by Gasteiger charge is 2.30. The standard InChI is InChI=1S/C19H14ClF3N2OS/c20-16-4-2-1-3-13(16)10-24-17(26)9-15-11-27-18(25-15)12-5-7-14(8-6-12)19(21,22)23/h1-8,11H,9-10H2,(H,24,26). The van der Waals surface area contributed by atoms with E-state index in [1.165, 1.54) is 23.5 Å². The number of amides is 1. The second kappa shape index (κ2) is 8.10. The van der Waals surface area contributed by atoms with Gasteiger partial charge in [0.2, 0.25) is 5.91 Å². The molecule has 0 bridgehead atoms. The maximum absolute atomic E-state index is 12.6. The molecular weight excluding hydrogens is 397 g/mol. The Hall–Kier alpha value is -2.38. The van der Waals surface area contributed by atoms with Gasteiger partial charge >= 0.3 is 6.18 Å². The third-order valence-corrected chi connectivity index (χ3v) is 5.10. The van der Waals surface area contributed by atoms with E-state index < -0.39 is 11.7 Å². The molecule has 1 N–H and O–H groups in total. The Bertz CT molecular complexity index is 939. The molecule has 3 nitrogen and oxygen atoms in total. The first-order valence-electron chi connectivity index (χ1n) is 7.95. The van der Waals surface area contributed by atoms with Crippen molar-refractivity contribution in [2.24, 2.45) is 0 Å². The molecule has 0 spiro atoms. The molecular formula is C19H14ClF3N2OS. The first-order chi connectivity index (χ1) is 12.8. The van der Waals surface area contributed by atoms with Crippen molar-refractivity contribution >= 4 is 28.8 Å². The molecule has 0 aliphatic rings. The predicted octanol–water partition coefficient (Wildman–Crippen LogP) is 5.34. The van der Waals surface area contributed by atoms with Gasteiger partial charge in [-0.1, -0.05) is 41.9 Å². The number of carbonyl (C=O) groups is 1. The summed E-state index contributed by atoms with van der Waals surface area (Å²) in [6.07, 6.45) is -4.28. The molecule has 1 amide bonds. The number of carbonyl (C=O) groups excluding carboxylic acids is 1. The van der Waals surface area contributed by atoms with Gasteiger partial charge < -0.3 is 5.32 Å². The van der Waals surface area contributed by atoms with Crippen molar-refractivity contribution in [3.05, 3.63) is 75.8 Å². The topological polar surface area (TPSA) is 42.0 Å². The zero-order valence-corrected chi connectivity index (χ0v) is 15.5. The summed E-state index contributed by atoms with van der Waals surface area (Å²) in [7, 11) is 0. The third kappa shape index (κ3) is 5.08. The van der Waals surface area contributed by atoms with Crippen molar-refractivity contribution in [2.75, 3.05) is 0 Å².